The average Bonchev–Trinajstić information content (AvgIpc) is 2.15. The zero-order valence-electron chi connectivity index (χ0n) is 6.96. The number of rotatable bonds is 0. The molecule has 60 valence electrons. The van der Waals surface area contributed by atoms with E-state index in [-0.39, 0.29) is 109 Å². The van der Waals surface area contributed by atoms with Crippen molar-refractivity contribution >= 4 is 17.3 Å². The maximum atomic E-state index is 10.1. The topological polar surface area (TPSA) is 104 Å². The molecule has 12 heavy (non-hydrogen) atoms. The molecule has 0 saturated carbocycles. The largest absolute Gasteiger partial charge is 1.00 e. The van der Waals surface area contributed by atoms with Crippen molar-refractivity contribution in [3.8, 4) is 0 Å². The molecule has 0 aromatic carbocycles. The zero-order chi connectivity index (χ0) is 7.98. The van der Waals surface area contributed by atoms with Crippen LogP contribution in [0.3, 0.4) is 0 Å². The third-order valence-corrected chi connectivity index (χ3v) is 0.705. The molecule has 1 amide bonds. The van der Waals surface area contributed by atoms with Crippen molar-refractivity contribution in [2.45, 2.75) is 6.42 Å². The van der Waals surface area contributed by atoms with Crippen molar-refractivity contribution in [1.82, 2.24) is 10.9 Å². The summed E-state index contributed by atoms with van der Waals surface area (Å²) in [5, 5.41) is 0. The molecule has 0 aromatic heterocycles. The second kappa shape index (κ2) is 13.8. The number of carbonyl (C=O) groups is 1. The second-order valence-electron chi connectivity index (χ2n) is 1.43. The van der Waals surface area contributed by atoms with E-state index in [2.05, 4.69) is 10.9 Å². The number of hydrazine groups is 1. The van der Waals surface area contributed by atoms with Gasteiger partial charge in [0.05, 0.1) is 0 Å². The normalized spacial score (nSPS) is 13.4. The van der Waals surface area contributed by atoms with Crippen molar-refractivity contribution in [2.24, 2.45) is 0 Å². The van der Waals surface area contributed by atoms with Gasteiger partial charge in [0, 0.05) is 13.0 Å². The van der Waals surface area contributed by atoms with E-state index in [0.29, 0.717) is 6.42 Å². The molecular formula is C3H6K2N2O4S. The minimum atomic E-state index is -3.11. The average molecular weight is 244 g/mol. The Labute approximate surface area is 158 Å². The summed E-state index contributed by atoms with van der Waals surface area (Å²) in [5.41, 5.74) is 5.10. The van der Waals surface area contributed by atoms with Gasteiger partial charge in [0.1, 0.15) is 0 Å². The Balaban J connectivity index is -0.000000124. The van der Waals surface area contributed by atoms with Gasteiger partial charge in [0.25, 0.3) is 0 Å². The van der Waals surface area contributed by atoms with Crippen molar-refractivity contribution < 1.29 is 121 Å². The third kappa shape index (κ3) is 18.5. The van der Waals surface area contributed by atoms with Gasteiger partial charge in [-0.2, -0.15) is 0 Å². The first-order chi connectivity index (χ1) is 4.63. The fourth-order valence-corrected chi connectivity index (χ4v) is 0.400. The molecule has 1 heterocycles. The Bertz CT molecular complexity index is 134. The molecule has 1 saturated heterocycles. The molecule has 0 spiro atoms. The first kappa shape index (κ1) is 20.2. The molecular weight excluding hydrogens is 238 g/mol. The molecule has 0 aromatic rings. The summed E-state index contributed by atoms with van der Waals surface area (Å²) < 4.78 is 25.3. The van der Waals surface area contributed by atoms with Gasteiger partial charge in [-0.15, -0.1) is 11.4 Å². The Morgan fingerprint density at radius 3 is 1.83 bits per heavy atom. The summed E-state index contributed by atoms with van der Waals surface area (Å²) in [6, 6.07) is 0. The molecule has 0 atom stereocenters. The minimum Gasteiger partial charge on any atom is -0.784 e. The molecule has 9 heteroatoms. The van der Waals surface area contributed by atoms with Crippen molar-refractivity contribution in [1.29, 1.82) is 0 Å². The Kier molecular flexibility index (Phi) is 23.2. The van der Waals surface area contributed by atoms with Crippen LogP contribution < -0.4 is 114 Å². The quantitative estimate of drug-likeness (QED) is 0.325. The monoisotopic (exact) mass is 244 g/mol. The standard InChI is InChI=1S/C3H6N2O.2K.H2O3S/c6-3-1-2-4-5-3;;;1-4(2)3/h4H,1-2H2,(H,5,6);;;(H2,1,2,3)/q;2*+1;/p-2. The number of carbonyl (C=O) groups excluding carboxylic acids is 1. The molecule has 1 rings (SSSR count). The van der Waals surface area contributed by atoms with Crippen molar-refractivity contribution in [3.05, 3.63) is 0 Å². The van der Waals surface area contributed by atoms with Crippen LogP contribution in [0, 0.1) is 0 Å². The van der Waals surface area contributed by atoms with Gasteiger partial charge in [0.15, 0.2) is 0 Å². The predicted molar refractivity (Wildman–Crippen MR) is 30.5 cm³/mol. The third-order valence-electron chi connectivity index (χ3n) is 0.705. The number of hydrogen-bond donors (Lipinski definition) is 2. The smallest absolute Gasteiger partial charge is 0.784 e. The van der Waals surface area contributed by atoms with Crippen LogP contribution in [0.25, 0.3) is 0 Å². The minimum absolute atomic E-state index is 0. The van der Waals surface area contributed by atoms with Crippen LogP contribution in [-0.2, 0) is 16.2 Å². The van der Waals surface area contributed by atoms with Gasteiger partial charge in [-0.3, -0.25) is 14.4 Å². The first-order valence-electron chi connectivity index (χ1n) is 2.41. The molecule has 0 unspecified atom stereocenters. The summed E-state index contributed by atoms with van der Waals surface area (Å²) in [6.07, 6.45) is 0.625. The molecule has 1 aliphatic heterocycles. The molecule has 0 bridgehead atoms. The first-order valence-corrected chi connectivity index (χ1v) is 3.41. The van der Waals surface area contributed by atoms with Crippen LogP contribution in [0.4, 0.5) is 0 Å². The molecule has 1 aliphatic rings. The zero-order valence-corrected chi connectivity index (χ0v) is 14.0. The van der Waals surface area contributed by atoms with Gasteiger partial charge in [-0.25, -0.2) is 5.43 Å². The molecule has 1 fully saturated rings. The fraction of sp³-hybridized carbons (Fsp3) is 0.667. The van der Waals surface area contributed by atoms with Gasteiger partial charge in [-0.05, 0) is 0 Å². The molecule has 0 aliphatic carbocycles. The predicted octanol–water partition coefficient (Wildman–Crippen LogP) is -7.99. The van der Waals surface area contributed by atoms with E-state index in [4.69, 9.17) is 13.3 Å². The van der Waals surface area contributed by atoms with Crippen LogP contribution in [-0.4, -0.2) is 25.8 Å². The van der Waals surface area contributed by atoms with Crippen LogP contribution >= 0.6 is 0 Å². The second-order valence-corrected chi connectivity index (χ2v) is 1.84. The summed E-state index contributed by atoms with van der Waals surface area (Å²) in [4.78, 5) is 10.1. The van der Waals surface area contributed by atoms with Crippen LogP contribution in [0.1, 0.15) is 6.42 Å². The van der Waals surface area contributed by atoms with Crippen molar-refractivity contribution in [3.63, 3.8) is 0 Å². The van der Waals surface area contributed by atoms with Crippen LogP contribution in [0.5, 0.6) is 0 Å². The maximum Gasteiger partial charge on any atom is 1.00 e. The van der Waals surface area contributed by atoms with E-state index in [9.17, 15) is 4.79 Å². The Morgan fingerprint density at radius 2 is 1.75 bits per heavy atom. The summed E-state index contributed by atoms with van der Waals surface area (Å²) in [6.45, 7) is 0.777. The van der Waals surface area contributed by atoms with E-state index in [0.717, 1.165) is 6.54 Å². The molecule has 2 N–H and O–H groups in total. The fourth-order valence-electron chi connectivity index (χ4n) is 0.400. The summed E-state index contributed by atoms with van der Waals surface area (Å²) in [7, 11) is 0. The van der Waals surface area contributed by atoms with E-state index in [1.165, 1.54) is 0 Å². The van der Waals surface area contributed by atoms with Crippen molar-refractivity contribution in [2.75, 3.05) is 6.54 Å². The van der Waals surface area contributed by atoms with Crippen LogP contribution in [0.2, 0.25) is 0 Å². The maximum absolute atomic E-state index is 10.1. The van der Waals surface area contributed by atoms with E-state index >= 15 is 0 Å². The Morgan fingerprint density at radius 1 is 1.33 bits per heavy atom. The number of hydrogen-bond acceptors (Lipinski definition) is 5. The van der Waals surface area contributed by atoms with Gasteiger partial charge >= 0.3 is 103 Å². The summed E-state index contributed by atoms with van der Waals surface area (Å²) in [5.74, 6) is 0.0926. The van der Waals surface area contributed by atoms with E-state index in [1.54, 1.807) is 0 Å². The van der Waals surface area contributed by atoms with Gasteiger partial charge in [-0.1, -0.05) is 0 Å². The van der Waals surface area contributed by atoms with Gasteiger partial charge < -0.3 is 9.11 Å². The SMILES string of the molecule is O=C1CCNN1.O=S([O-])[O-].[K+].[K+]. The Hall–Kier alpha value is 2.77. The number of nitrogens with one attached hydrogen (secondary N) is 2. The number of amides is 1. The van der Waals surface area contributed by atoms with E-state index in [1.807, 2.05) is 0 Å². The molecule has 6 nitrogen and oxygen atoms in total. The molecule has 0 radical (unpaired) electrons. The van der Waals surface area contributed by atoms with Gasteiger partial charge in [0.2, 0.25) is 5.91 Å². The summed E-state index contributed by atoms with van der Waals surface area (Å²) >= 11 is -3.11. The van der Waals surface area contributed by atoms with E-state index < -0.39 is 11.4 Å². The van der Waals surface area contributed by atoms with Crippen LogP contribution in [0.15, 0.2) is 0 Å².